The minimum atomic E-state index is -0.291. The van der Waals surface area contributed by atoms with E-state index in [4.69, 9.17) is 17.3 Å². The Kier molecular flexibility index (Phi) is 5.40. The first-order chi connectivity index (χ1) is 12.5. The third kappa shape index (κ3) is 3.37. The molecular formula is C17H18N4O3S2. The number of aliphatic hydroxyl groups is 1. The number of anilines is 1. The highest BCUT2D eigenvalue weighted by molar-refractivity contribution is 8.26. The molecular weight excluding hydrogens is 372 g/mol. The van der Waals surface area contributed by atoms with Crippen LogP contribution in [-0.2, 0) is 4.79 Å². The third-order valence-electron chi connectivity index (χ3n) is 3.88. The monoisotopic (exact) mass is 390 g/mol. The van der Waals surface area contributed by atoms with Crippen molar-refractivity contribution in [1.82, 2.24) is 14.3 Å². The Morgan fingerprint density at radius 1 is 1.38 bits per heavy atom. The molecule has 3 heterocycles. The van der Waals surface area contributed by atoms with Gasteiger partial charge in [-0.15, -0.1) is 0 Å². The van der Waals surface area contributed by atoms with Gasteiger partial charge in [-0.1, -0.05) is 30.0 Å². The Morgan fingerprint density at radius 3 is 2.81 bits per heavy atom. The fourth-order valence-corrected chi connectivity index (χ4v) is 3.97. The van der Waals surface area contributed by atoms with Crippen LogP contribution >= 0.6 is 24.0 Å². The van der Waals surface area contributed by atoms with Crippen LogP contribution in [0.1, 0.15) is 18.1 Å². The van der Waals surface area contributed by atoms with Crippen molar-refractivity contribution < 1.29 is 9.90 Å². The third-order valence-corrected chi connectivity index (χ3v) is 5.25. The van der Waals surface area contributed by atoms with E-state index >= 15 is 0 Å². The van der Waals surface area contributed by atoms with Crippen molar-refractivity contribution in [3.8, 4) is 0 Å². The standard InChI is InChI=1S/C17H18N4O3S2/c1-3-20-16(24)12(26-17(20)25)8-11-14(18-6-7-22)19-13-5-4-10(2)9-21(13)15(11)23/h4-5,8-9,18,22H,3,6-7H2,1-2H3. The summed E-state index contributed by atoms with van der Waals surface area (Å²) in [6.45, 7) is 4.34. The number of nitrogens with one attached hydrogen (secondary N) is 1. The van der Waals surface area contributed by atoms with E-state index < -0.39 is 0 Å². The summed E-state index contributed by atoms with van der Waals surface area (Å²) in [5.74, 6) is 0.110. The summed E-state index contributed by atoms with van der Waals surface area (Å²) < 4.78 is 1.92. The van der Waals surface area contributed by atoms with E-state index in [1.54, 1.807) is 12.3 Å². The summed E-state index contributed by atoms with van der Waals surface area (Å²) in [4.78, 5) is 31.8. The summed E-state index contributed by atoms with van der Waals surface area (Å²) in [6, 6.07) is 3.62. The minimum absolute atomic E-state index is 0.105. The molecule has 0 saturated carbocycles. The molecule has 9 heteroatoms. The number of carbonyl (C=O) groups is 1. The van der Waals surface area contributed by atoms with Gasteiger partial charge in [0, 0.05) is 19.3 Å². The molecule has 0 atom stereocenters. The zero-order valence-corrected chi connectivity index (χ0v) is 16.0. The molecule has 0 aliphatic carbocycles. The van der Waals surface area contributed by atoms with Gasteiger partial charge in [0.1, 0.15) is 15.8 Å². The predicted molar refractivity (Wildman–Crippen MR) is 107 cm³/mol. The van der Waals surface area contributed by atoms with Crippen LogP contribution in [0.15, 0.2) is 28.0 Å². The summed E-state index contributed by atoms with van der Waals surface area (Å²) in [6.07, 6.45) is 3.23. The molecule has 136 valence electrons. The summed E-state index contributed by atoms with van der Waals surface area (Å²) in [5.41, 5.74) is 1.37. The Balaban J connectivity index is 2.18. The smallest absolute Gasteiger partial charge is 0.267 e. The van der Waals surface area contributed by atoms with Gasteiger partial charge in [-0.05, 0) is 31.6 Å². The van der Waals surface area contributed by atoms with Crippen molar-refractivity contribution in [1.29, 1.82) is 0 Å². The van der Waals surface area contributed by atoms with Crippen molar-refractivity contribution in [2.45, 2.75) is 13.8 Å². The van der Waals surface area contributed by atoms with Crippen LogP contribution < -0.4 is 10.9 Å². The van der Waals surface area contributed by atoms with Crippen LogP contribution in [-0.4, -0.2) is 49.3 Å². The Hall–Kier alpha value is -2.23. The lowest BCUT2D eigenvalue weighted by Gasteiger charge is -2.11. The lowest BCUT2D eigenvalue weighted by atomic mass is 10.2. The van der Waals surface area contributed by atoms with E-state index in [-0.39, 0.29) is 30.2 Å². The second-order valence-electron chi connectivity index (χ2n) is 5.69. The number of aliphatic hydroxyl groups excluding tert-OH is 1. The summed E-state index contributed by atoms with van der Waals surface area (Å²) in [7, 11) is 0. The number of amides is 1. The van der Waals surface area contributed by atoms with Gasteiger partial charge >= 0.3 is 0 Å². The molecule has 7 nitrogen and oxygen atoms in total. The lowest BCUT2D eigenvalue weighted by Crippen LogP contribution is -2.27. The highest BCUT2D eigenvalue weighted by Crippen LogP contribution is 2.32. The molecule has 1 saturated heterocycles. The highest BCUT2D eigenvalue weighted by atomic mass is 32.2. The number of thiocarbonyl (C=S) groups is 1. The number of pyridine rings is 1. The normalized spacial score (nSPS) is 16.1. The number of rotatable bonds is 5. The van der Waals surface area contributed by atoms with Crippen LogP contribution in [0.3, 0.4) is 0 Å². The first kappa shape index (κ1) is 18.6. The lowest BCUT2D eigenvalue weighted by molar-refractivity contribution is -0.121. The molecule has 2 aromatic rings. The van der Waals surface area contributed by atoms with E-state index in [0.717, 1.165) is 5.56 Å². The first-order valence-corrected chi connectivity index (χ1v) is 9.32. The van der Waals surface area contributed by atoms with Crippen molar-refractivity contribution in [2.24, 2.45) is 0 Å². The topological polar surface area (TPSA) is 86.9 Å². The Labute approximate surface area is 159 Å². The van der Waals surface area contributed by atoms with E-state index in [2.05, 4.69) is 10.3 Å². The van der Waals surface area contributed by atoms with Gasteiger partial charge in [0.2, 0.25) is 0 Å². The van der Waals surface area contributed by atoms with Crippen molar-refractivity contribution in [2.75, 3.05) is 25.0 Å². The number of carbonyl (C=O) groups excluding carboxylic acids is 1. The maximum atomic E-state index is 13.0. The number of aryl methyl sites for hydroxylation is 1. The molecule has 0 spiro atoms. The predicted octanol–water partition coefficient (Wildman–Crippen LogP) is 1.63. The zero-order chi connectivity index (χ0) is 18.8. The number of nitrogens with zero attached hydrogens (tertiary/aromatic N) is 3. The molecule has 0 unspecified atom stereocenters. The van der Waals surface area contributed by atoms with Gasteiger partial charge in [0.25, 0.3) is 11.5 Å². The average molecular weight is 390 g/mol. The number of likely N-dealkylation sites (N-methyl/N-ethyl adjacent to an activating group) is 1. The highest BCUT2D eigenvalue weighted by Gasteiger charge is 2.31. The summed E-state index contributed by atoms with van der Waals surface area (Å²) >= 11 is 6.39. The largest absolute Gasteiger partial charge is 0.395 e. The summed E-state index contributed by atoms with van der Waals surface area (Å²) in [5, 5.41) is 12.0. The van der Waals surface area contributed by atoms with Crippen molar-refractivity contribution >= 4 is 51.7 Å². The average Bonchev–Trinajstić information content (AvgIpc) is 2.89. The van der Waals surface area contributed by atoms with Crippen LogP contribution in [0.5, 0.6) is 0 Å². The quantitative estimate of drug-likeness (QED) is 0.593. The molecule has 0 radical (unpaired) electrons. The van der Waals surface area contributed by atoms with E-state index in [0.29, 0.717) is 27.2 Å². The maximum Gasteiger partial charge on any atom is 0.267 e. The number of aromatic nitrogens is 2. The molecule has 1 aliphatic heterocycles. The van der Waals surface area contributed by atoms with Gasteiger partial charge < -0.3 is 10.4 Å². The fourth-order valence-electron chi connectivity index (χ4n) is 2.60. The van der Waals surface area contributed by atoms with Crippen LogP contribution in [0.4, 0.5) is 5.82 Å². The SMILES string of the molecule is CCN1C(=O)C(=Cc2c(NCCO)nc3ccc(C)cn3c2=O)SC1=S. The maximum absolute atomic E-state index is 13.0. The van der Waals surface area contributed by atoms with Gasteiger partial charge in [-0.3, -0.25) is 18.9 Å². The number of hydrogen-bond donors (Lipinski definition) is 2. The Bertz CT molecular complexity index is 984. The molecule has 26 heavy (non-hydrogen) atoms. The van der Waals surface area contributed by atoms with E-state index in [9.17, 15) is 9.59 Å². The van der Waals surface area contributed by atoms with Gasteiger partial charge in [-0.25, -0.2) is 4.98 Å². The number of fused-ring (bicyclic) bond motifs is 1. The zero-order valence-electron chi connectivity index (χ0n) is 14.4. The van der Waals surface area contributed by atoms with Crippen LogP contribution in [0, 0.1) is 6.92 Å². The van der Waals surface area contributed by atoms with Gasteiger partial charge in [-0.2, -0.15) is 0 Å². The van der Waals surface area contributed by atoms with Crippen LogP contribution in [0.25, 0.3) is 11.7 Å². The van der Waals surface area contributed by atoms with Crippen molar-refractivity contribution in [3.05, 3.63) is 44.7 Å². The first-order valence-electron chi connectivity index (χ1n) is 8.09. The second kappa shape index (κ2) is 7.56. The second-order valence-corrected chi connectivity index (χ2v) is 7.37. The Morgan fingerprint density at radius 2 is 2.15 bits per heavy atom. The molecule has 2 N–H and O–H groups in total. The van der Waals surface area contributed by atoms with Crippen molar-refractivity contribution in [3.63, 3.8) is 0 Å². The van der Waals surface area contributed by atoms with Gasteiger partial charge in [0.05, 0.1) is 17.1 Å². The molecule has 1 aliphatic rings. The fraction of sp³-hybridized carbons (Fsp3) is 0.294. The van der Waals surface area contributed by atoms with E-state index in [1.807, 2.05) is 19.9 Å². The molecule has 0 aromatic carbocycles. The van der Waals surface area contributed by atoms with Gasteiger partial charge in [0.15, 0.2) is 0 Å². The molecule has 3 rings (SSSR count). The molecule has 0 bridgehead atoms. The molecule has 2 aromatic heterocycles. The molecule has 1 fully saturated rings. The number of thioether (sulfide) groups is 1. The molecule has 1 amide bonds. The minimum Gasteiger partial charge on any atom is -0.395 e. The van der Waals surface area contributed by atoms with Crippen LogP contribution in [0.2, 0.25) is 0 Å². The van der Waals surface area contributed by atoms with E-state index in [1.165, 1.54) is 27.1 Å². The number of hydrogen-bond acceptors (Lipinski definition) is 7.